The predicted octanol–water partition coefficient (Wildman–Crippen LogP) is -1.11. The Hall–Kier alpha value is -0.800. The summed E-state index contributed by atoms with van der Waals surface area (Å²) in [5, 5.41) is 0. The van der Waals surface area contributed by atoms with Gasteiger partial charge in [-0.1, -0.05) is 51.9 Å². The van der Waals surface area contributed by atoms with E-state index in [0.717, 1.165) is 0 Å². The molecule has 1 aliphatic heterocycles. The Bertz CT molecular complexity index is 543. The third-order valence-electron chi connectivity index (χ3n) is 2.10. The summed E-state index contributed by atoms with van der Waals surface area (Å²) in [6.07, 6.45) is 6.46. The molecule has 0 saturated carbocycles. The van der Waals surface area contributed by atoms with Gasteiger partial charge in [0.25, 0.3) is 0 Å². The molecule has 8 heteroatoms. The van der Waals surface area contributed by atoms with Crippen LogP contribution in [0.1, 0.15) is 5.56 Å². The van der Waals surface area contributed by atoms with Crippen LogP contribution in [0.5, 0.6) is 0 Å². The summed E-state index contributed by atoms with van der Waals surface area (Å²) < 4.78 is 36.0. The van der Waals surface area contributed by atoms with Crippen LogP contribution < -0.4 is 18.6 Å². The molecule has 1 aromatic rings. The largest absolute Gasteiger partial charge is 0.241 e. The second-order valence-electron chi connectivity index (χ2n) is 4.10. The van der Waals surface area contributed by atoms with Gasteiger partial charge in [0.2, 0.25) is 0 Å². The van der Waals surface area contributed by atoms with E-state index >= 15 is 0 Å². The first kappa shape index (κ1) is 18.2. The van der Waals surface area contributed by atoms with Gasteiger partial charge >= 0.3 is 0 Å². The number of benzene rings is 1. The van der Waals surface area contributed by atoms with Crippen molar-refractivity contribution in [1.29, 1.82) is 0 Å². The molecule has 114 valence electrons. The first-order valence-corrected chi connectivity index (χ1v) is 9.09. The molecule has 0 unspecified atom stereocenters. The van der Waals surface area contributed by atoms with E-state index in [9.17, 15) is 0 Å². The van der Waals surface area contributed by atoms with Gasteiger partial charge in [-0.2, -0.15) is 0 Å². The molecule has 1 aromatic carbocycles. The summed E-state index contributed by atoms with van der Waals surface area (Å²) in [5.74, 6) is 0. The normalized spacial score (nSPS) is 16.1. The lowest BCUT2D eigenvalue weighted by Crippen LogP contribution is -2.68. The zero-order chi connectivity index (χ0) is 15.9. The molecule has 0 N–H and O–H groups in total. The summed E-state index contributed by atoms with van der Waals surface area (Å²) >= 11 is 0. The molecule has 1 aliphatic rings. The van der Waals surface area contributed by atoms with Crippen molar-refractivity contribution in [2.75, 3.05) is 14.1 Å². The fourth-order valence-corrected chi connectivity index (χ4v) is 3.56. The molecule has 0 saturated heterocycles. The maximum Gasteiger partial charge on any atom is 0.164 e. The summed E-state index contributed by atoms with van der Waals surface area (Å²) in [4.78, 5) is 2.64. The van der Waals surface area contributed by atoms with Gasteiger partial charge in [0, 0.05) is 15.9 Å². The van der Waals surface area contributed by atoms with E-state index in [1.165, 1.54) is 15.4 Å². The van der Waals surface area contributed by atoms with Crippen molar-refractivity contribution >= 4 is 32.7 Å². The first-order chi connectivity index (χ1) is 9.75. The summed E-state index contributed by atoms with van der Waals surface area (Å²) in [5.41, 5.74) is 1.30. The smallest absolute Gasteiger partial charge is 0.164 e. The molecule has 0 atom stereocenters. The SMILES string of the molecule is C[N+](C)=C/C=C1/C=C(c2ccccc2)SS1.[O-][Cl+3]([O-])([O-])[O-]. The van der Waals surface area contributed by atoms with Crippen LogP contribution in [0, 0.1) is 10.2 Å². The van der Waals surface area contributed by atoms with Gasteiger partial charge in [-0.3, -0.25) is 0 Å². The highest BCUT2D eigenvalue weighted by Crippen LogP contribution is 2.49. The number of nitrogens with zero attached hydrogens (tertiary/aromatic N) is 1. The fraction of sp³-hybridized carbons (Fsp3) is 0.154. The Morgan fingerprint density at radius 3 is 2.10 bits per heavy atom. The lowest BCUT2D eigenvalue weighted by Gasteiger charge is -2.17. The Kier molecular flexibility index (Phi) is 7.47. The van der Waals surface area contributed by atoms with Crippen molar-refractivity contribution in [2.24, 2.45) is 0 Å². The zero-order valence-corrected chi connectivity index (χ0v) is 13.8. The summed E-state index contributed by atoms with van der Waals surface area (Å²) in [6.45, 7) is 0. The molecule has 0 fully saturated rings. The average molecular weight is 348 g/mol. The van der Waals surface area contributed by atoms with Gasteiger partial charge in [-0.05, 0) is 11.6 Å². The van der Waals surface area contributed by atoms with Crippen molar-refractivity contribution in [3.05, 3.63) is 53.0 Å². The highest BCUT2D eigenvalue weighted by molar-refractivity contribution is 8.82. The lowest BCUT2D eigenvalue weighted by molar-refractivity contribution is -2.00. The molecule has 2 rings (SSSR count). The molecule has 5 nitrogen and oxygen atoms in total. The minimum atomic E-state index is -4.94. The maximum absolute atomic E-state index is 8.49. The van der Waals surface area contributed by atoms with Crippen molar-refractivity contribution in [3.8, 4) is 0 Å². The van der Waals surface area contributed by atoms with E-state index in [1.807, 2.05) is 46.3 Å². The van der Waals surface area contributed by atoms with Crippen LogP contribution in [0.15, 0.2) is 47.4 Å². The van der Waals surface area contributed by atoms with Crippen LogP contribution >= 0.6 is 21.6 Å². The van der Waals surface area contributed by atoms with E-state index < -0.39 is 10.2 Å². The zero-order valence-electron chi connectivity index (χ0n) is 11.4. The predicted molar refractivity (Wildman–Crippen MR) is 75.9 cm³/mol. The standard InChI is InChI=1S/C13H14NS2.ClHO4/c1-14(2)9-8-12-10-13(16-15-12)11-6-4-3-5-7-11;2-1(3,4)5/h3-10H,1-2H3;(H,2,3,4,5)/q+1;/p-1/b12-8-;. The van der Waals surface area contributed by atoms with Gasteiger partial charge in [0.1, 0.15) is 14.1 Å². The Balaban J connectivity index is 0.000000383. The minimum absolute atomic E-state index is 1.30. The Labute approximate surface area is 133 Å². The Morgan fingerprint density at radius 1 is 1.00 bits per heavy atom. The third-order valence-corrected chi connectivity index (χ3v) is 4.53. The van der Waals surface area contributed by atoms with Crippen LogP contribution in [-0.4, -0.2) is 24.9 Å². The maximum atomic E-state index is 8.49. The average Bonchev–Trinajstić information content (AvgIpc) is 2.84. The quantitative estimate of drug-likeness (QED) is 0.382. The van der Waals surface area contributed by atoms with E-state index in [2.05, 4.69) is 42.6 Å². The van der Waals surface area contributed by atoms with Gasteiger partial charge < -0.3 is 0 Å². The van der Waals surface area contributed by atoms with Crippen LogP contribution in [0.4, 0.5) is 0 Å². The van der Waals surface area contributed by atoms with E-state index in [-0.39, 0.29) is 0 Å². The first-order valence-electron chi connectivity index (χ1n) is 5.70. The van der Waals surface area contributed by atoms with Crippen LogP contribution in [0.3, 0.4) is 0 Å². The van der Waals surface area contributed by atoms with E-state index in [0.29, 0.717) is 0 Å². The molecular formula is C13H14ClNO4S2. The monoisotopic (exact) mass is 347 g/mol. The number of hydrogen-bond acceptors (Lipinski definition) is 6. The van der Waals surface area contributed by atoms with Crippen molar-refractivity contribution in [2.45, 2.75) is 0 Å². The third kappa shape index (κ3) is 8.94. The second kappa shape index (κ2) is 8.60. The van der Waals surface area contributed by atoms with Gasteiger partial charge in [0.15, 0.2) is 6.21 Å². The summed E-state index contributed by atoms with van der Waals surface area (Å²) in [6, 6.07) is 10.5. The highest BCUT2D eigenvalue weighted by atomic mass is 35.7. The van der Waals surface area contributed by atoms with Gasteiger partial charge in [-0.25, -0.2) is 23.2 Å². The second-order valence-corrected chi connectivity index (χ2v) is 7.10. The molecule has 0 aromatic heterocycles. The number of hydrogen-bond donors (Lipinski definition) is 0. The fourth-order valence-electron chi connectivity index (χ4n) is 1.30. The molecule has 21 heavy (non-hydrogen) atoms. The van der Waals surface area contributed by atoms with E-state index in [4.69, 9.17) is 18.6 Å². The number of halogens is 1. The van der Waals surface area contributed by atoms with E-state index in [1.54, 1.807) is 0 Å². The van der Waals surface area contributed by atoms with Crippen molar-refractivity contribution < 1.29 is 33.5 Å². The molecule has 0 spiro atoms. The lowest BCUT2D eigenvalue weighted by atomic mass is 10.2. The van der Waals surface area contributed by atoms with Crippen LogP contribution in [0.25, 0.3) is 4.91 Å². The van der Waals surface area contributed by atoms with Gasteiger partial charge in [-0.15, -0.1) is 10.2 Å². The molecule has 1 heterocycles. The molecule has 0 amide bonds. The highest BCUT2D eigenvalue weighted by Gasteiger charge is 2.12. The van der Waals surface area contributed by atoms with Crippen molar-refractivity contribution in [3.63, 3.8) is 0 Å². The molecule has 0 bridgehead atoms. The minimum Gasteiger partial charge on any atom is -0.241 e. The number of allylic oxidation sites excluding steroid dienone is 2. The number of rotatable bonds is 2. The molecule has 0 aliphatic carbocycles. The van der Waals surface area contributed by atoms with Crippen molar-refractivity contribution in [1.82, 2.24) is 0 Å². The molecule has 0 radical (unpaired) electrons. The van der Waals surface area contributed by atoms with Crippen LogP contribution in [0.2, 0.25) is 0 Å². The van der Waals surface area contributed by atoms with Gasteiger partial charge in [0.05, 0.1) is 0 Å². The van der Waals surface area contributed by atoms with Crippen LogP contribution in [-0.2, 0) is 0 Å². The Morgan fingerprint density at radius 2 is 1.57 bits per heavy atom. The topological polar surface area (TPSA) is 95.2 Å². The molecular weight excluding hydrogens is 334 g/mol. The summed E-state index contributed by atoms with van der Waals surface area (Å²) in [7, 11) is 2.76.